The number of hydrogen-bond donors (Lipinski definition) is 1. The lowest BCUT2D eigenvalue weighted by molar-refractivity contribution is 0.0695. The predicted octanol–water partition coefficient (Wildman–Crippen LogP) is 5.45. The molecule has 0 aromatic heterocycles. The van der Waals surface area contributed by atoms with E-state index in [0.717, 1.165) is 18.5 Å². The van der Waals surface area contributed by atoms with Crippen LogP contribution in [-0.2, 0) is 0 Å². The number of hydrogen-bond acceptors (Lipinski definition) is 2. The number of benzene rings is 2. The van der Waals surface area contributed by atoms with Crippen molar-refractivity contribution in [1.29, 1.82) is 0 Å². The van der Waals surface area contributed by atoms with Crippen molar-refractivity contribution >= 4 is 18.4 Å². The fourth-order valence-corrected chi connectivity index (χ4v) is 3.57. The van der Waals surface area contributed by atoms with Crippen molar-refractivity contribution in [2.45, 2.75) is 52.1 Å². The Morgan fingerprint density at radius 1 is 0.923 bits per heavy atom. The fourth-order valence-electron chi connectivity index (χ4n) is 3.57. The summed E-state index contributed by atoms with van der Waals surface area (Å²) >= 11 is 0. The molecule has 2 aromatic rings. The van der Waals surface area contributed by atoms with Gasteiger partial charge in [-0.05, 0) is 57.9 Å². The van der Waals surface area contributed by atoms with Crippen molar-refractivity contribution in [2.24, 2.45) is 0 Å². The standard InChI is InChI=1S/C22H29NO2.ClH/c1-16(2)23(17(3)4)15-14-19(18-10-6-5-7-11-18)20-12-8-9-13-21(20)22(24)25;/h5-13,16-17,19H,14-15H2,1-4H3,(H,24,25);1H. The predicted molar refractivity (Wildman–Crippen MR) is 111 cm³/mol. The molecular weight excluding hydrogens is 346 g/mol. The zero-order chi connectivity index (χ0) is 18.4. The Morgan fingerprint density at radius 3 is 2.00 bits per heavy atom. The molecule has 1 N–H and O–H groups in total. The van der Waals surface area contributed by atoms with Gasteiger partial charge in [0, 0.05) is 18.0 Å². The van der Waals surface area contributed by atoms with Crippen LogP contribution in [0.4, 0.5) is 0 Å². The molecule has 0 aliphatic heterocycles. The summed E-state index contributed by atoms with van der Waals surface area (Å²) in [6.45, 7) is 9.78. The number of rotatable bonds is 8. The number of carboxylic acid groups (broad SMARTS) is 1. The van der Waals surface area contributed by atoms with E-state index in [0.29, 0.717) is 17.6 Å². The van der Waals surface area contributed by atoms with Gasteiger partial charge in [-0.3, -0.25) is 4.90 Å². The molecule has 3 nitrogen and oxygen atoms in total. The van der Waals surface area contributed by atoms with Crippen molar-refractivity contribution < 1.29 is 9.90 Å². The van der Waals surface area contributed by atoms with Gasteiger partial charge in [0.05, 0.1) is 5.56 Å². The van der Waals surface area contributed by atoms with E-state index in [1.807, 2.05) is 30.3 Å². The molecule has 0 amide bonds. The summed E-state index contributed by atoms with van der Waals surface area (Å²) in [5.41, 5.74) is 2.47. The zero-order valence-electron chi connectivity index (χ0n) is 16.1. The summed E-state index contributed by atoms with van der Waals surface area (Å²) < 4.78 is 0. The van der Waals surface area contributed by atoms with Gasteiger partial charge < -0.3 is 5.11 Å². The van der Waals surface area contributed by atoms with Crippen LogP contribution in [0.1, 0.15) is 61.5 Å². The molecule has 0 bridgehead atoms. The average molecular weight is 376 g/mol. The molecule has 0 spiro atoms. The highest BCUT2D eigenvalue weighted by Gasteiger charge is 2.22. The third-order valence-corrected chi connectivity index (χ3v) is 4.77. The highest BCUT2D eigenvalue weighted by atomic mass is 35.5. The Labute approximate surface area is 163 Å². The highest BCUT2D eigenvalue weighted by Crippen LogP contribution is 2.31. The maximum atomic E-state index is 11.7. The van der Waals surface area contributed by atoms with E-state index >= 15 is 0 Å². The quantitative estimate of drug-likeness (QED) is 0.667. The van der Waals surface area contributed by atoms with Gasteiger partial charge in [0.1, 0.15) is 0 Å². The van der Waals surface area contributed by atoms with Gasteiger partial charge in [-0.15, -0.1) is 12.4 Å². The molecule has 0 aliphatic carbocycles. The molecule has 4 heteroatoms. The molecular formula is C22H30ClNO2. The summed E-state index contributed by atoms with van der Waals surface area (Å²) in [6, 6.07) is 18.5. The van der Waals surface area contributed by atoms with Gasteiger partial charge in [-0.2, -0.15) is 0 Å². The van der Waals surface area contributed by atoms with E-state index < -0.39 is 5.97 Å². The largest absolute Gasteiger partial charge is 0.478 e. The van der Waals surface area contributed by atoms with E-state index in [1.165, 1.54) is 5.56 Å². The Morgan fingerprint density at radius 2 is 1.46 bits per heavy atom. The first-order valence-corrected chi connectivity index (χ1v) is 9.04. The van der Waals surface area contributed by atoms with Gasteiger partial charge in [0.2, 0.25) is 0 Å². The SMILES string of the molecule is CC(C)N(CCC(c1ccccc1)c1ccccc1C(=O)O)C(C)C.Cl. The van der Waals surface area contributed by atoms with E-state index in [2.05, 4.69) is 44.7 Å². The second-order valence-corrected chi connectivity index (χ2v) is 7.07. The second kappa shape index (κ2) is 10.3. The molecule has 0 saturated carbocycles. The van der Waals surface area contributed by atoms with Crippen molar-refractivity contribution in [3.05, 3.63) is 71.3 Å². The van der Waals surface area contributed by atoms with Crippen LogP contribution in [0, 0.1) is 0 Å². The second-order valence-electron chi connectivity index (χ2n) is 7.07. The molecule has 2 rings (SSSR count). The third-order valence-electron chi connectivity index (χ3n) is 4.77. The molecule has 1 atom stereocenters. The van der Waals surface area contributed by atoms with Crippen molar-refractivity contribution in [3.8, 4) is 0 Å². The summed E-state index contributed by atoms with van der Waals surface area (Å²) in [7, 11) is 0. The molecule has 1 unspecified atom stereocenters. The normalized spacial score (nSPS) is 12.3. The summed E-state index contributed by atoms with van der Waals surface area (Å²) in [5.74, 6) is -0.783. The Bertz CT molecular complexity index is 678. The van der Waals surface area contributed by atoms with E-state index in [-0.39, 0.29) is 18.3 Å². The number of carbonyl (C=O) groups is 1. The Balaban J connectivity index is 0.00000338. The first-order valence-electron chi connectivity index (χ1n) is 9.04. The van der Waals surface area contributed by atoms with E-state index in [9.17, 15) is 9.90 Å². The minimum Gasteiger partial charge on any atom is -0.478 e. The Hall–Kier alpha value is -1.84. The van der Waals surface area contributed by atoms with Crippen LogP contribution in [0.25, 0.3) is 0 Å². The summed E-state index contributed by atoms with van der Waals surface area (Å²) in [5, 5.41) is 9.60. The molecule has 142 valence electrons. The smallest absolute Gasteiger partial charge is 0.335 e. The van der Waals surface area contributed by atoms with Crippen LogP contribution in [0.5, 0.6) is 0 Å². The average Bonchev–Trinajstić information content (AvgIpc) is 2.59. The molecule has 2 aromatic carbocycles. The third kappa shape index (κ3) is 5.58. The van der Waals surface area contributed by atoms with Gasteiger partial charge in [0.25, 0.3) is 0 Å². The molecule has 0 saturated heterocycles. The number of halogens is 1. The first kappa shape index (κ1) is 22.2. The monoisotopic (exact) mass is 375 g/mol. The zero-order valence-corrected chi connectivity index (χ0v) is 16.9. The molecule has 26 heavy (non-hydrogen) atoms. The van der Waals surface area contributed by atoms with Crippen LogP contribution in [0.3, 0.4) is 0 Å². The summed E-state index contributed by atoms with van der Waals surface area (Å²) in [6.07, 6.45) is 0.894. The van der Waals surface area contributed by atoms with Crippen molar-refractivity contribution in [2.75, 3.05) is 6.54 Å². The highest BCUT2D eigenvalue weighted by molar-refractivity contribution is 5.89. The fraction of sp³-hybridized carbons (Fsp3) is 0.409. The lowest BCUT2D eigenvalue weighted by atomic mass is 9.85. The van der Waals surface area contributed by atoms with Crippen LogP contribution in [0.2, 0.25) is 0 Å². The van der Waals surface area contributed by atoms with Gasteiger partial charge in [0.15, 0.2) is 0 Å². The van der Waals surface area contributed by atoms with Crippen molar-refractivity contribution in [3.63, 3.8) is 0 Å². The van der Waals surface area contributed by atoms with Crippen LogP contribution < -0.4 is 0 Å². The number of nitrogens with zero attached hydrogens (tertiary/aromatic N) is 1. The van der Waals surface area contributed by atoms with Crippen molar-refractivity contribution in [1.82, 2.24) is 4.90 Å². The minimum absolute atomic E-state index is 0. The van der Waals surface area contributed by atoms with Gasteiger partial charge in [-0.1, -0.05) is 48.5 Å². The minimum atomic E-state index is -0.860. The first-order chi connectivity index (χ1) is 11.9. The van der Waals surface area contributed by atoms with Crippen LogP contribution in [0.15, 0.2) is 54.6 Å². The maximum absolute atomic E-state index is 11.7. The van der Waals surface area contributed by atoms with E-state index in [1.54, 1.807) is 12.1 Å². The molecule has 0 radical (unpaired) electrons. The maximum Gasteiger partial charge on any atom is 0.335 e. The number of carboxylic acids is 1. The van der Waals surface area contributed by atoms with E-state index in [4.69, 9.17) is 0 Å². The number of aromatic carboxylic acids is 1. The van der Waals surface area contributed by atoms with Crippen LogP contribution in [-0.4, -0.2) is 34.6 Å². The topological polar surface area (TPSA) is 40.5 Å². The summed E-state index contributed by atoms with van der Waals surface area (Å²) in [4.78, 5) is 14.2. The molecule has 0 fully saturated rings. The van der Waals surface area contributed by atoms with Crippen LogP contribution >= 0.6 is 12.4 Å². The lowest BCUT2D eigenvalue weighted by Gasteiger charge is -2.32. The molecule has 0 aliphatic rings. The Kier molecular flexibility index (Phi) is 8.83. The lowest BCUT2D eigenvalue weighted by Crippen LogP contribution is -2.38. The van der Waals surface area contributed by atoms with Gasteiger partial charge >= 0.3 is 5.97 Å². The van der Waals surface area contributed by atoms with Gasteiger partial charge in [-0.25, -0.2) is 4.79 Å². The molecule has 0 heterocycles.